The molecule has 7 rings (SSSR count). The lowest BCUT2D eigenvalue weighted by Gasteiger charge is -2.67. The Balaban J connectivity index is 1.42. The lowest BCUT2D eigenvalue weighted by atomic mass is 9.44. The first kappa shape index (κ1) is 57.4. The average molecular weight is 1070 g/mol. The highest BCUT2D eigenvalue weighted by Crippen LogP contribution is 2.64. The van der Waals surface area contributed by atoms with Crippen LogP contribution in [0.3, 0.4) is 0 Å². The number of aliphatic hydroxyl groups excluding tert-OH is 1. The molecule has 77 heavy (non-hydrogen) atoms. The lowest BCUT2D eigenvalue weighted by molar-refractivity contribution is -0.346. The summed E-state index contributed by atoms with van der Waals surface area (Å²) in [6.45, 7) is 11.1. The molecule has 1 heterocycles. The van der Waals surface area contributed by atoms with Crippen LogP contribution in [0.5, 0.6) is 0 Å². The zero-order chi connectivity index (χ0) is 56.4. The number of carboxylic acids is 1. The number of nitrogens with one attached hydrogen (secondary N) is 2. The van der Waals surface area contributed by atoms with E-state index in [2.05, 4.69) is 10.6 Å². The summed E-state index contributed by atoms with van der Waals surface area (Å²) in [4.78, 5) is 126. The van der Waals surface area contributed by atoms with E-state index in [-0.39, 0.29) is 53.2 Å². The van der Waals surface area contributed by atoms with Gasteiger partial charge in [-0.15, -0.1) is 0 Å². The van der Waals surface area contributed by atoms with Crippen LogP contribution in [0.1, 0.15) is 120 Å². The van der Waals surface area contributed by atoms with E-state index in [4.69, 9.17) is 28.4 Å². The Morgan fingerprint density at radius 2 is 1.38 bits per heavy atom. The number of aliphatic hydroxyl groups is 2. The SMILES string of the molecule is CC(=O)O[C@H]1C(=O)[C@@]2(C)[C@H]([C@H](OC(=O)c3ccccc3)[C@]3(O)C[C@H](OC(=O)[C@H](OC(=O)[C@H](CC(C)C)NC(=O)CCC(=O)O)[C@@H](NC(=O)c4ccccc4)c4ccccc4)C(C)=C1C3(C)C)[C@]1(OC(C)=O)CO[C@@H]1C[C@@H]2O. The van der Waals surface area contributed by atoms with E-state index in [1.54, 1.807) is 80.6 Å². The Morgan fingerprint density at radius 1 is 0.779 bits per heavy atom. The predicted octanol–water partition coefficient (Wildman–Crippen LogP) is 4.68. The number of rotatable bonds is 18. The van der Waals surface area contributed by atoms with Crippen LogP contribution >= 0.6 is 0 Å². The molecule has 412 valence electrons. The number of fused-ring (bicyclic) bond motifs is 5. The summed E-state index contributed by atoms with van der Waals surface area (Å²) < 4.78 is 37.0. The Hall–Kier alpha value is -7.29. The Kier molecular flexibility index (Phi) is 17.0. The van der Waals surface area contributed by atoms with E-state index in [0.717, 1.165) is 13.8 Å². The molecule has 0 aromatic heterocycles. The number of ketones is 1. The van der Waals surface area contributed by atoms with Gasteiger partial charge in [-0.05, 0) is 67.2 Å². The smallest absolute Gasteiger partial charge is 0.350 e. The number of carbonyl (C=O) groups excluding carboxylic acids is 8. The van der Waals surface area contributed by atoms with Crippen LogP contribution in [0.2, 0.25) is 0 Å². The summed E-state index contributed by atoms with van der Waals surface area (Å²) in [5.41, 5.74) is -8.00. The minimum Gasteiger partial charge on any atom is -0.481 e. The molecule has 20 nitrogen and oxygen atoms in total. The normalized spacial score (nSPS) is 28.2. The van der Waals surface area contributed by atoms with Gasteiger partial charge in [0.2, 0.25) is 12.0 Å². The second-order valence-electron chi connectivity index (χ2n) is 21.4. The third kappa shape index (κ3) is 11.3. The van der Waals surface area contributed by atoms with Crippen LogP contribution < -0.4 is 10.6 Å². The molecule has 0 unspecified atom stereocenters. The van der Waals surface area contributed by atoms with Gasteiger partial charge in [-0.2, -0.15) is 0 Å². The highest BCUT2D eigenvalue weighted by molar-refractivity contribution is 5.97. The zero-order valence-electron chi connectivity index (χ0n) is 44.1. The maximum absolute atomic E-state index is 15.8. The summed E-state index contributed by atoms with van der Waals surface area (Å²) in [5, 5.41) is 40.9. The number of aliphatic carboxylic acids is 1. The second kappa shape index (κ2) is 22.7. The Bertz CT molecular complexity index is 2800. The first-order valence-electron chi connectivity index (χ1n) is 25.5. The first-order valence-corrected chi connectivity index (χ1v) is 25.5. The van der Waals surface area contributed by atoms with Gasteiger partial charge in [0, 0.05) is 44.1 Å². The number of carbonyl (C=O) groups is 9. The molecule has 3 aliphatic carbocycles. The Labute approximate surface area is 445 Å². The van der Waals surface area contributed by atoms with Crippen molar-refractivity contribution in [2.75, 3.05) is 6.61 Å². The molecule has 0 radical (unpaired) electrons. The molecule has 12 atom stereocenters. The van der Waals surface area contributed by atoms with E-state index in [9.17, 15) is 48.9 Å². The van der Waals surface area contributed by atoms with Crippen molar-refractivity contribution in [3.8, 4) is 0 Å². The van der Waals surface area contributed by atoms with Crippen molar-refractivity contribution in [2.45, 2.75) is 147 Å². The summed E-state index contributed by atoms with van der Waals surface area (Å²) in [7, 11) is 0. The molecule has 3 aromatic carbocycles. The van der Waals surface area contributed by atoms with E-state index >= 15 is 9.59 Å². The van der Waals surface area contributed by atoms with E-state index in [0.29, 0.717) is 0 Å². The number of amides is 2. The molecular weight excluding hydrogens is 1000 g/mol. The van der Waals surface area contributed by atoms with Crippen LogP contribution in [0, 0.1) is 22.7 Å². The summed E-state index contributed by atoms with van der Waals surface area (Å²) in [6, 6.07) is 20.6. The van der Waals surface area contributed by atoms with Crippen molar-refractivity contribution in [3.63, 3.8) is 0 Å². The number of ether oxygens (including phenoxy) is 6. The number of hydrogen-bond acceptors (Lipinski definition) is 17. The molecule has 2 saturated carbocycles. The Morgan fingerprint density at radius 3 is 1.92 bits per heavy atom. The van der Waals surface area contributed by atoms with Gasteiger partial charge in [0.15, 0.2) is 17.5 Å². The minimum atomic E-state index is -2.54. The summed E-state index contributed by atoms with van der Waals surface area (Å²) in [6.07, 6.45) is -12.5. The highest BCUT2D eigenvalue weighted by atomic mass is 16.6. The maximum Gasteiger partial charge on any atom is 0.350 e. The molecule has 3 aromatic rings. The van der Waals surface area contributed by atoms with Crippen molar-refractivity contribution < 1.29 is 86.9 Å². The summed E-state index contributed by atoms with van der Waals surface area (Å²) >= 11 is 0. The van der Waals surface area contributed by atoms with Gasteiger partial charge in [0.05, 0.1) is 36.0 Å². The number of Topliss-reactive ketones (excluding diaryl/α,β-unsaturated/α-hetero) is 1. The predicted molar refractivity (Wildman–Crippen MR) is 270 cm³/mol. The fraction of sp³-hybridized carbons (Fsp3) is 0.491. The second-order valence-corrected chi connectivity index (χ2v) is 21.4. The number of esters is 5. The fourth-order valence-corrected chi connectivity index (χ4v) is 11.7. The van der Waals surface area contributed by atoms with Crippen LogP contribution in [-0.4, -0.2) is 129 Å². The van der Waals surface area contributed by atoms with Gasteiger partial charge in [0.1, 0.15) is 36.0 Å². The third-order valence-corrected chi connectivity index (χ3v) is 15.6. The molecule has 20 heteroatoms. The molecule has 4 aliphatic rings. The van der Waals surface area contributed by atoms with Gasteiger partial charge < -0.3 is 54.4 Å². The molecule has 1 saturated heterocycles. The molecular formula is C57H66N2O18. The molecule has 1 aliphatic heterocycles. The first-order chi connectivity index (χ1) is 36.3. The maximum atomic E-state index is 15.8. The van der Waals surface area contributed by atoms with Gasteiger partial charge >= 0.3 is 35.8 Å². The molecule has 2 amide bonds. The van der Waals surface area contributed by atoms with Crippen molar-refractivity contribution >= 4 is 53.4 Å². The third-order valence-electron chi connectivity index (χ3n) is 15.6. The van der Waals surface area contributed by atoms with Crippen LogP contribution in [-0.2, 0) is 62.0 Å². The van der Waals surface area contributed by atoms with Crippen molar-refractivity contribution in [2.24, 2.45) is 22.7 Å². The number of carboxylic acid groups (broad SMARTS) is 1. The monoisotopic (exact) mass is 1070 g/mol. The van der Waals surface area contributed by atoms with Crippen LogP contribution in [0.25, 0.3) is 0 Å². The zero-order valence-corrected chi connectivity index (χ0v) is 44.1. The number of benzene rings is 3. The molecule has 2 bridgehead atoms. The van der Waals surface area contributed by atoms with Crippen LogP contribution in [0.4, 0.5) is 0 Å². The van der Waals surface area contributed by atoms with Crippen molar-refractivity contribution in [3.05, 3.63) is 119 Å². The standard InChI is InChI=1S/C57H66N2O18/c1-30(2)26-37(58-41(63)24-25-42(64)65)52(69)75-46(44(34-18-12-9-13-19-34)59-50(67)35-20-14-10-15-21-35)53(70)74-38-28-57(71)49(76-51(68)36-22-16-11-17-23-36)47-55(8,39(62)27-40-56(47,29-72-40)77-33(5)61)48(66)45(73-32(4)60)43(31(38)3)54(57,6)7/h9-23,30,37-40,44-47,49,62,71H,24-29H2,1-8H3,(H,58,63)(H,59,67)(H,64,65)/t37-,38-,39-,40+,44-,45+,46+,47-,49-,55+,56-,57+/m0/s1. The van der Waals surface area contributed by atoms with Crippen LogP contribution in [0.15, 0.2) is 102 Å². The fourth-order valence-electron chi connectivity index (χ4n) is 11.7. The van der Waals surface area contributed by atoms with E-state index in [1.165, 1.54) is 52.0 Å². The lowest BCUT2D eigenvalue weighted by Crippen LogP contribution is -2.82. The topological polar surface area (TPSA) is 294 Å². The number of hydrogen-bond donors (Lipinski definition) is 5. The molecule has 3 fully saturated rings. The van der Waals surface area contributed by atoms with E-state index in [1.807, 2.05) is 0 Å². The largest absolute Gasteiger partial charge is 0.481 e. The van der Waals surface area contributed by atoms with Gasteiger partial charge in [-0.1, -0.05) is 94.4 Å². The van der Waals surface area contributed by atoms with Crippen molar-refractivity contribution in [1.29, 1.82) is 0 Å². The van der Waals surface area contributed by atoms with Gasteiger partial charge in [-0.3, -0.25) is 28.8 Å². The summed E-state index contributed by atoms with van der Waals surface area (Å²) in [5.74, 6) is -10.9. The van der Waals surface area contributed by atoms with Crippen molar-refractivity contribution in [1.82, 2.24) is 10.6 Å². The van der Waals surface area contributed by atoms with Gasteiger partial charge in [-0.25, -0.2) is 14.4 Å². The molecule has 0 spiro atoms. The molecule has 5 N–H and O–H groups in total. The highest BCUT2D eigenvalue weighted by Gasteiger charge is 2.78. The quantitative estimate of drug-likeness (QED) is 0.0656. The minimum absolute atomic E-state index is 0.00910. The van der Waals surface area contributed by atoms with E-state index < -0.39 is 149 Å². The average Bonchev–Trinajstić information content (AvgIpc) is 3.37. The van der Waals surface area contributed by atoms with Gasteiger partial charge in [0.25, 0.3) is 5.91 Å².